The molecule has 0 aliphatic heterocycles. The van der Waals surface area contributed by atoms with Gasteiger partial charge in [0, 0.05) is 25.3 Å². The first-order valence-electron chi connectivity index (χ1n) is 8.46. The highest BCUT2D eigenvalue weighted by atomic mass is 15.2. The Bertz CT molecular complexity index is 839. The molecule has 4 heteroatoms. The van der Waals surface area contributed by atoms with E-state index < -0.39 is 0 Å². The van der Waals surface area contributed by atoms with Crippen molar-refractivity contribution >= 4 is 17.3 Å². The zero-order chi connectivity index (χ0) is 17.8. The third kappa shape index (κ3) is 4.57. The van der Waals surface area contributed by atoms with E-state index >= 15 is 0 Å². The van der Waals surface area contributed by atoms with Gasteiger partial charge in [-0.15, -0.1) is 0 Å². The lowest BCUT2D eigenvalue weighted by molar-refractivity contribution is 0.880. The van der Waals surface area contributed by atoms with Crippen molar-refractivity contribution in [3.8, 4) is 0 Å². The van der Waals surface area contributed by atoms with Gasteiger partial charge < -0.3 is 10.2 Å². The van der Waals surface area contributed by atoms with Gasteiger partial charge in [0.25, 0.3) is 0 Å². The number of anilines is 3. The minimum absolute atomic E-state index is 0.754. The van der Waals surface area contributed by atoms with E-state index in [4.69, 9.17) is 0 Å². The molecule has 4 nitrogen and oxygen atoms in total. The Morgan fingerprint density at radius 1 is 0.880 bits per heavy atom. The van der Waals surface area contributed by atoms with Gasteiger partial charge in [0.15, 0.2) is 0 Å². The van der Waals surface area contributed by atoms with Gasteiger partial charge in [-0.2, -0.15) is 0 Å². The van der Waals surface area contributed by atoms with Crippen LogP contribution < -0.4 is 10.2 Å². The molecule has 1 aromatic heterocycles. The Hall–Kier alpha value is -2.88. The van der Waals surface area contributed by atoms with Crippen LogP contribution in [0.2, 0.25) is 0 Å². The van der Waals surface area contributed by atoms with Crippen molar-refractivity contribution in [3.63, 3.8) is 0 Å². The molecule has 0 saturated carbocycles. The summed E-state index contributed by atoms with van der Waals surface area (Å²) in [7, 11) is 2.05. The molecule has 0 atom stereocenters. The van der Waals surface area contributed by atoms with E-state index in [1.54, 1.807) is 0 Å². The van der Waals surface area contributed by atoms with Crippen LogP contribution in [0.3, 0.4) is 0 Å². The summed E-state index contributed by atoms with van der Waals surface area (Å²) in [6, 6.07) is 18.8. The molecule has 1 heterocycles. The van der Waals surface area contributed by atoms with Gasteiger partial charge in [0.05, 0.1) is 0 Å². The van der Waals surface area contributed by atoms with Crippen molar-refractivity contribution in [1.29, 1.82) is 0 Å². The first-order valence-corrected chi connectivity index (χ1v) is 8.46. The fourth-order valence-electron chi connectivity index (χ4n) is 2.94. The Morgan fingerprint density at radius 2 is 1.56 bits per heavy atom. The molecular formula is C21H24N4. The largest absolute Gasteiger partial charge is 0.355 e. The summed E-state index contributed by atoms with van der Waals surface area (Å²) in [5.41, 5.74) is 4.77. The van der Waals surface area contributed by atoms with Crippen molar-refractivity contribution in [2.45, 2.75) is 27.3 Å². The highest BCUT2D eigenvalue weighted by Gasteiger charge is 2.08. The summed E-state index contributed by atoms with van der Waals surface area (Å²) in [5, 5.41) is 3.41. The first-order chi connectivity index (χ1) is 12.0. The van der Waals surface area contributed by atoms with Crippen LogP contribution in [0.4, 0.5) is 17.3 Å². The summed E-state index contributed by atoms with van der Waals surface area (Å²) in [6.45, 7) is 6.93. The number of benzene rings is 2. The van der Waals surface area contributed by atoms with Gasteiger partial charge in [-0.05, 0) is 49.6 Å². The van der Waals surface area contributed by atoms with E-state index in [0.717, 1.165) is 29.7 Å². The maximum Gasteiger partial charge on any atom is 0.136 e. The molecule has 0 radical (unpaired) electrons. The standard InChI is InChI=1S/C21H24N4/c1-15-10-16(2)12-19(11-15)24-20-13-21(23-17(3)22-20)25(4)14-18-8-6-5-7-9-18/h5-13H,14H2,1-4H3,(H,22,23,24). The fourth-order valence-corrected chi connectivity index (χ4v) is 2.94. The fraction of sp³-hybridized carbons (Fsp3) is 0.238. The molecule has 0 saturated heterocycles. The van der Waals surface area contributed by atoms with Crippen molar-refractivity contribution < 1.29 is 0 Å². The minimum Gasteiger partial charge on any atom is -0.355 e. The molecule has 0 unspecified atom stereocenters. The van der Waals surface area contributed by atoms with Crippen LogP contribution in [-0.2, 0) is 6.54 Å². The SMILES string of the molecule is Cc1cc(C)cc(Nc2cc(N(C)Cc3ccccc3)nc(C)n2)c1. The normalized spacial score (nSPS) is 10.6. The smallest absolute Gasteiger partial charge is 0.136 e. The molecule has 1 N–H and O–H groups in total. The molecular weight excluding hydrogens is 308 g/mol. The predicted molar refractivity (Wildman–Crippen MR) is 105 cm³/mol. The molecule has 0 fully saturated rings. The number of aryl methyl sites for hydroxylation is 3. The minimum atomic E-state index is 0.754. The van der Waals surface area contributed by atoms with E-state index in [-0.39, 0.29) is 0 Å². The summed E-state index contributed by atoms with van der Waals surface area (Å²) in [5.74, 6) is 2.47. The number of rotatable bonds is 5. The molecule has 0 amide bonds. The Balaban J connectivity index is 1.82. The number of nitrogens with one attached hydrogen (secondary N) is 1. The van der Waals surface area contributed by atoms with E-state index in [1.165, 1.54) is 16.7 Å². The van der Waals surface area contributed by atoms with Gasteiger partial charge >= 0.3 is 0 Å². The number of nitrogens with zero attached hydrogens (tertiary/aromatic N) is 3. The van der Waals surface area contributed by atoms with Crippen LogP contribution in [0.25, 0.3) is 0 Å². The maximum absolute atomic E-state index is 4.58. The summed E-state index contributed by atoms with van der Waals surface area (Å²) in [6.07, 6.45) is 0. The summed E-state index contributed by atoms with van der Waals surface area (Å²) < 4.78 is 0. The third-order valence-electron chi connectivity index (χ3n) is 3.97. The van der Waals surface area contributed by atoms with Crippen molar-refractivity contribution in [1.82, 2.24) is 9.97 Å². The Morgan fingerprint density at radius 3 is 2.24 bits per heavy atom. The van der Waals surface area contributed by atoms with Crippen LogP contribution in [-0.4, -0.2) is 17.0 Å². The quantitative estimate of drug-likeness (QED) is 0.730. The Kier molecular flexibility index (Phi) is 4.98. The highest BCUT2D eigenvalue weighted by molar-refractivity contribution is 5.61. The summed E-state index contributed by atoms with van der Waals surface area (Å²) in [4.78, 5) is 11.2. The topological polar surface area (TPSA) is 41.0 Å². The Labute approximate surface area is 149 Å². The van der Waals surface area contributed by atoms with Crippen LogP contribution in [0, 0.1) is 20.8 Å². The second-order valence-electron chi connectivity index (χ2n) is 6.50. The van der Waals surface area contributed by atoms with E-state index in [9.17, 15) is 0 Å². The molecule has 128 valence electrons. The second-order valence-corrected chi connectivity index (χ2v) is 6.50. The monoisotopic (exact) mass is 332 g/mol. The zero-order valence-electron chi connectivity index (χ0n) is 15.2. The average Bonchev–Trinajstić information content (AvgIpc) is 2.54. The molecule has 3 aromatic rings. The molecule has 0 spiro atoms. The van der Waals surface area contributed by atoms with Gasteiger partial charge in [-0.1, -0.05) is 36.4 Å². The number of hydrogen-bond acceptors (Lipinski definition) is 4. The number of hydrogen-bond donors (Lipinski definition) is 1. The maximum atomic E-state index is 4.58. The lowest BCUT2D eigenvalue weighted by atomic mass is 10.1. The van der Waals surface area contributed by atoms with Crippen LogP contribution in [0.5, 0.6) is 0 Å². The van der Waals surface area contributed by atoms with Crippen molar-refractivity contribution in [3.05, 3.63) is 77.1 Å². The first kappa shape index (κ1) is 17.0. The molecule has 0 bridgehead atoms. The van der Waals surface area contributed by atoms with E-state index in [2.05, 4.69) is 83.5 Å². The molecule has 25 heavy (non-hydrogen) atoms. The number of aromatic nitrogens is 2. The van der Waals surface area contributed by atoms with Gasteiger partial charge in [0.1, 0.15) is 17.5 Å². The molecule has 0 aliphatic carbocycles. The van der Waals surface area contributed by atoms with E-state index in [0.29, 0.717) is 0 Å². The van der Waals surface area contributed by atoms with Gasteiger partial charge in [0.2, 0.25) is 0 Å². The van der Waals surface area contributed by atoms with Gasteiger partial charge in [-0.3, -0.25) is 0 Å². The highest BCUT2D eigenvalue weighted by Crippen LogP contribution is 2.22. The van der Waals surface area contributed by atoms with E-state index in [1.807, 2.05) is 19.1 Å². The molecule has 0 aliphatic rings. The zero-order valence-corrected chi connectivity index (χ0v) is 15.2. The lowest BCUT2D eigenvalue weighted by Gasteiger charge is -2.19. The van der Waals surface area contributed by atoms with Crippen LogP contribution >= 0.6 is 0 Å². The lowest BCUT2D eigenvalue weighted by Crippen LogP contribution is -2.18. The molecule has 2 aromatic carbocycles. The molecule has 3 rings (SSSR count). The summed E-state index contributed by atoms with van der Waals surface area (Å²) >= 11 is 0. The van der Waals surface area contributed by atoms with Crippen LogP contribution in [0.1, 0.15) is 22.5 Å². The van der Waals surface area contributed by atoms with Crippen LogP contribution in [0.15, 0.2) is 54.6 Å². The third-order valence-corrected chi connectivity index (χ3v) is 3.97. The van der Waals surface area contributed by atoms with Gasteiger partial charge in [-0.25, -0.2) is 9.97 Å². The second kappa shape index (κ2) is 7.34. The van der Waals surface area contributed by atoms with Crippen molar-refractivity contribution in [2.24, 2.45) is 0 Å². The average molecular weight is 332 g/mol. The van der Waals surface area contributed by atoms with Crippen molar-refractivity contribution in [2.75, 3.05) is 17.3 Å². The predicted octanol–water partition coefficient (Wildman–Crippen LogP) is 4.78.